The minimum atomic E-state index is -0.194. The molecule has 1 N–H and O–H groups in total. The molecule has 0 heterocycles. The van der Waals surface area contributed by atoms with Gasteiger partial charge in [0.15, 0.2) is 0 Å². The maximum atomic E-state index is 14.1. The largest absolute Gasteiger partial charge is 0.496 e. The van der Waals surface area contributed by atoms with Gasteiger partial charge in [0.25, 0.3) is 0 Å². The molecule has 0 radical (unpaired) electrons. The van der Waals surface area contributed by atoms with E-state index in [1.807, 2.05) is 24.8 Å². The van der Waals surface area contributed by atoms with Gasteiger partial charge in [-0.25, -0.2) is 4.39 Å². The Morgan fingerprint density at radius 1 is 1.35 bits per heavy atom. The third-order valence-electron chi connectivity index (χ3n) is 4.14. The average molecular weight is 297 g/mol. The number of methoxy groups -OCH3 is 1. The van der Waals surface area contributed by atoms with Crippen LogP contribution in [0.3, 0.4) is 0 Å². The van der Waals surface area contributed by atoms with Crippen molar-refractivity contribution in [3.63, 3.8) is 0 Å². The van der Waals surface area contributed by atoms with Gasteiger partial charge in [-0.2, -0.15) is 11.8 Å². The van der Waals surface area contributed by atoms with Crippen molar-refractivity contribution in [2.24, 2.45) is 0 Å². The third kappa shape index (κ3) is 3.47. The molecule has 1 saturated carbocycles. The highest BCUT2D eigenvalue weighted by Crippen LogP contribution is 2.32. The molecule has 2 rings (SSSR count). The Morgan fingerprint density at radius 3 is 2.80 bits per heavy atom. The normalized spacial score (nSPS) is 24.4. The molecule has 3 unspecified atom stereocenters. The van der Waals surface area contributed by atoms with Gasteiger partial charge in [0.1, 0.15) is 11.6 Å². The van der Waals surface area contributed by atoms with E-state index in [4.69, 9.17) is 4.74 Å². The Kier molecular flexibility index (Phi) is 5.73. The summed E-state index contributed by atoms with van der Waals surface area (Å²) < 4.78 is 19.4. The van der Waals surface area contributed by atoms with Gasteiger partial charge in [-0.3, -0.25) is 0 Å². The summed E-state index contributed by atoms with van der Waals surface area (Å²) in [4.78, 5) is 0. The van der Waals surface area contributed by atoms with E-state index in [1.54, 1.807) is 13.2 Å². The molecule has 1 aliphatic carbocycles. The van der Waals surface area contributed by atoms with E-state index >= 15 is 0 Å². The molecule has 0 saturated heterocycles. The lowest BCUT2D eigenvalue weighted by Gasteiger charge is -2.33. The molecule has 0 amide bonds. The zero-order chi connectivity index (χ0) is 14.5. The summed E-state index contributed by atoms with van der Waals surface area (Å²) in [6, 6.07) is 5.43. The topological polar surface area (TPSA) is 21.3 Å². The van der Waals surface area contributed by atoms with Crippen molar-refractivity contribution in [3.05, 3.63) is 29.6 Å². The van der Waals surface area contributed by atoms with Crippen LogP contribution in [0.25, 0.3) is 0 Å². The lowest BCUT2D eigenvalue weighted by Crippen LogP contribution is -2.41. The first-order valence-corrected chi connectivity index (χ1v) is 8.57. The smallest absolute Gasteiger partial charge is 0.131 e. The Hall–Kier alpha value is -0.740. The molecule has 0 bridgehead atoms. The quantitative estimate of drug-likeness (QED) is 0.882. The predicted molar refractivity (Wildman–Crippen MR) is 84.1 cm³/mol. The maximum absolute atomic E-state index is 14.1. The number of benzene rings is 1. The minimum absolute atomic E-state index is 0.0381. The number of ether oxygens (including phenoxy) is 1. The standard InChI is InChI=1S/C16H24FNOS/c1-11(16-12(17)7-6-9-14(16)19-2)18-13-8-4-5-10-15(13)20-3/h6-7,9,11,13,15,18H,4-5,8,10H2,1-3H3. The monoisotopic (exact) mass is 297 g/mol. The number of nitrogens with one attached hydrogen (secondary N) is 1. The highest BCUT2D eigenvalue weighted by molar-refractivity contribution is 7.99. The van der Waals surface area contributed by atoms with Gasteiger partial charge in [-0.1, -0.05) is 18.9 Å². The summed E-state index contributed by atoms with van der Waals surface area (Å²) >= 11 is 1.92. The lowest BCUT2D eigenvalue weighted by atomic mass is 9.93. The second-order valence-corrected chi connectivity index (χ2v) is 6.49. The van der Waals surface area contributed by atoms with Crippen molar-refractivity contribution in [2.45, 2.75) is 49.9 Å². The second-order valence-electron chi connectivity index (χ2n) is 5.41. The van der Waals surface area contributed by atoms with Crippen LogP contribution in [0.4, 0.5) is 4.39 Å². The number of hydrogen-bond donors (Lipinski definition) is 1. The zero-order valence-corrected chi connectivity index (χ0v) is 13.3. The fraction of sp³-hybridized carbons (Fsp3) is 0.625. The van der Waals surface area contributed by atoms with E-state index in [-0.39, 0.29) is 11.9 Å². The van der Waals surface area contributed by atoms with Gasteiger partial charge in [0.2, 0.25) is 0 Å². The molecule has 0 spiro atoms. The van der Waals surface area contributed by atoms with E-state index in [9.17, 15) is 4.39 Å². The van der Waals surface area contributed by atoms with Crippen molar-refractivity contribution in [2.75, 3.05) is 13.4 Å². The van der Waals surface area contributed by atoms with Gasteiger partial charge in [0, 0.05) is 22.9 Å². The number of thioether (sulfide) groups is 1. The first-order valence-electron chi connectivity index (χ1n) is 7.28. The highest BCUT2D eigenvalue weighted by Gasteiger charge is 2.27. The van der Waals surface area contributed by atoms with Crippen LogP contribution in [-0.4, -0.2) is 24.7 Å². The van der Waals surface area contributed by atoms with E-state index in [0.29, 0.717) is 22.6 Å². The van der Waals surface area contributed by atoms with Crippen molar-refractivity contribution in [3.8, 4) is 5.75 Å². The van der Waals surface area contributed by atoms with Gasteiger partial charge < -0.3 is 10.1 Å². The van der Waals surface area contributed by atoms with Gasteiger partial charge in [-0.05, 0) is 38.2 Å². The van der Waals surface area contributed by atoms with Gasteiger partial charge in [-0.15, -0.1) is 0 Å². The summed E-state index contributed by atoms with van der Waals surface area (Å²) in [5.74, 6) is 0.433. The van der Waals surface area contributed by atoms with E-state index < -0.39 is 0 Å². The molecular formula is C16H24FNOS. The Bertz CT molecular complexity index is 440. The van der Waals surface area contributed by atoms with Crippen LogP contribution >= 0.6 is 11.8 Å². The average Bonchev–Trinajstić information content (AvgIpc) is 2.47. The summed E-state index contributed by atoms with van der Waals surface area (Å²) in [5.41, 5.74) is 0.639. The van der Waals surface area contributed by atoms with Crippen LogP contribution in [0.2, 0.25) is 0 Å². The third-order valence-corrected chi connectivity index (χ3v) is 5.30. The van der Waals surface area contributed by atoms with E-state index in [0.717, 1.165) is 0 Å². The zero-order valence-electron chi connectivity index (χ0n) is 12.5. The molecule has 1 aliphatic rings. The lowest BCUT2D eigenvalue weighted by molar-refractivity contribution is 0.341. The molecule has 0 aliphatic heterocycles. The molecule has 1 aromatic carbocycles. The number of hydrogen-bond acceptors (Lipinski definition) is 3. The van der Waals surface area contributed by atoms with Gasteiger partial charge in [0.05, 0.1) is 7.11 Å². The maximum Gasteiger partial charge on any atom is 0.131 e. The van der Waals surface area contributed by atoms with Crippen LogP contribution in [-0.2, 0) is 0 Å². The molecule has 20 heavy (non-hydrogen) atoms. The molecule has 112 valence electrons. The highest BCUT2D eigenvalue weighted by atomic mass is 32.2. The van der Waals surface area contributed by atoms with Crippen molar-refractivity contribution in [1.82, 2.24) is 5.32 Å². The summed E-state index contributed by atoms with van der Waals surface area (Å²) in [5, 5.41) is 4.24. The fourth-order valence-corrected chi connectivity index (χ4v) is 4.04. The van der Waals surface area contributed by atoms with Crippen LogP contribution < -0.4 is 10.1 Å². The first kappa shape index (κ1) is 15.6. The van der Waals surface area contributed by atoms with Crippen LogP contribution in [0, 0.1) is 5.82 Å². The number of rotatable bonds is 5. The Morgan fingerprint density at radius 2 is 2.10 bits per heavy atom. The first-order chi connectivity index (χ1) is 9.67. The molecule has 1 fully saturated rings. The summed E-state index contributed by atoms with van der Waals surface area (Å²) in [6.07, 6.45) is 7.16. The summed E-state index contributed by atoms with van der Waals surface area (Å²) in [6.45, 7) is 2.02. The second kappa shape index (κ2) is 7.32. The fourth-order valence-electron chi connectivity index (χ4n) is 3.09. The predicted octanol–water partition coefficient (Wildman–Crippen LogP) is 4.16. The summed E-state index contributed by atoms with van der Waals surface area (Å²) in [7, 11) is 1.59. The van der Waals surface area contributed by atoms with Crippen molar-refractivity contribution >= 4 is 11.8 Å². The van der Waals surface area contributed by atoms with Crippen LogP contribution in [0.15, 0.2) is 18.2 Å². The number of halogens is 1. The Balaban J connectivity index is 2.13. The molecule has 2 nitrogen and oxygen atoms in total. The molecule has 4 heteroatoms. The van der Waals surface area contributed by atoms with Crippen molar-refractivity contribution in [1.29, 1.82) is 0 Å². The van der Waals surface area contributed by atoms with Crippen molar-refractivity contribution < 1.29 is 9.13 Å². The van der Waals surface area contributed by atoms with E-state index in [1.165, 1.54) is 31.7 Å². The molecule has 3 atom stereocenters. The van der Waals surface area contributed by atoms with Crippen LogP contribution in [0.5, 0.6) is 5.75 Å². The van der Waals surface area contributed by atoms with Crippen LogP contribution in [0.1, 0.15) is 44.2 Å². The Labute approximate surface area is 125 Å². The SMILES string of the molecule is COc1cccc(F)c1C(C)NC1CCCCC1SC. The molecular weight excluding hydrogens is 273 g/mol. The molecule has 1 aromatic rings. The van der Waals surface area contributed by atoms with Gasteiger partial charge >= 0.3 is 0 Å². The minimum Gasteiger partial charge on any atom is -0.496 e. The molecule has 0 aromatic heterocycles. The van der Waals surface area contributed by atoms with E-state index in [2.05, 4.69) is 11.6 Å².